The van der Waals surface area contributed by atoms with E-state index in [0.717, 1.165) is 6.54 Å². The minimum atomic E-state index is 0.152. The monoisotopic (exact) mass is 194 g/mol. The average Bonchev–Trinajstić information content (AvgIpc) is 2.26. The highest BCUT2D eigenvalue weighted by Gasteiger charge is 2.17. The molecule has 0 spiro atoms. The minimum absolute atomic E-state index is 0.152. The fourth-order valence-corrected chi connectivity index (χ4v) is 1.47. The van der Waals surface area contributed by atoms with Gasteiger partial charge in [0.25, 0.3) is 0 Å². The zero-order valence-corrected chi connectivity index (χ0v) is 9.03. The third-order valence-corrected chi connectivity index (χ3v) is 2.31. The van der Waals surface area contributed by atoms with E-state index >= 15 is 0 Å². The molecule has 0 aliphatic carbocycles. The first-order chi connectivity index (χ1) is 6.79. The van der Waals surface area contributed by atoms with Gasteiger partial charge in [0.1, 0.15) is 0 Å². The first-order valence-corrected chi connectivity index (χ1v) is 4.95. The Kier molecular flexibility index (Phi) is 4.56. The smallest absolute Gasteiger partial charge is 0.0738 e. The van der Waals surface area contributed by atoms with E-state index in [1.807, 2.05) is 12.3 Å². The van der Waals surface area contributed by atoms with E-state index in [1.54, 1.807) is 13.3 Å². The van der Waals surface area contributed by atoms with Gasteiger partial charge >= 0.3 is 0 Å². The average molecular weight is 194 g/mol. The molecule has 0 bridgehead atoms. The lowest BCUT2D eigenvalue weighted by molar-refractivity contribution is 0.0835. The summed E-state index contributed by atoms with van der Waals surface area (Å²) >= 11 is 0. The largest absolute Gasteiger partial charge is 0.380 e. The van der Waals surface area contributed by atoms with Crippen molar-refractivity contribution in [2.45, 2.75) is 26.0 Å². The maximum absolute atomic E-state index is 5.33. The summed E-state index contributed by atoms with van der Waals surface area (Å²) in [4.78, 5) is 4.11. The highest BCUT2D eigenvalue weighted by atomic mass is 16.5. The lowest BCUT2D eigenvalue weighted by Gasteiger charge is -2.23. The van der Waals surface area contributed by atoms with E-state index in [9.17, 15) is 0 Å². The Hall–Kier alpha value is -0.930. The standard InChI is InChI=1S/C11H18N2O/c1-4-13-11(9(2)14-3)10-6-5-7-12-8-10/h5-9,11,13H,4H2,1-3H3. The van der Waals surface area contributed by atoms with Crippen molar-refractivity contribution in [3.63, 3.8) is 0 Å². The van der Waals surface area contributed by atoms with Crippen molar-refractivity contribution in [2.75, 3.05) is 13.7 Å². The summed E-state index contributed by atoms with van der Waals surface area (Å²) in [6.45, 7) is 5.07. The number of methoxy groups -OCH3 is 1. The number of pyridine rings is 1. The summed E-state index contributed by atoms with van der Waals surface area (Å²) in [7, 11) is 1.73. The van der Waals surface area contributed by atoms with Gasteiger partial charge in [0.05, 0.1) is 12.1 Å². The molecule has 1 aromatic rings. The summed E-state index contributed by atoms with van der Waals surface area (Å²) in [5, 5.41) is 3.38. The summed E-state index contributed by atoms with van der Waals surface area (Å²) < 4.78 is 5.33. The topological polar surface area (TPSA) is 34.2 Å². The quantitative estimate of drug-likeness (QED) is 0.775. The molecule has 0 saturated carbocycles. The van der Waals surface area contributed by atoms with Crippen LogP contribution in [0.1, 0.15) is 25.5 Å². The molecule has 0 saturated heterocycles. The van der Waals surface area contributed by atoms with Crippen molar-refractivity contribution in [3.8, 4) is 0 Å². The molecule has 0 fully saturated rings. The number of likely N-dealkylation sites (N-methyl/N-ethyl adjacent to an activating group) is 1. The van der Waals surface area contributed by atoms with Crippen LogP contribution in [0.4, 0.5) is 0 Å². The molecule has 1 rings (SSSR count). The summed E-state index contributed by atoms with van der Waals surface area (Å²) in [6, 6.07) is 4.23. The van der Waals surface area contributed by atoms with Gasteiger partial charge in [-0.15, -0.1) is 0 Å². The van der Waals surface area contributed by atoms with Gasteiger partial charge in [-0.2, -0.15) is 0 Å². The molecular weight excluding hydrogens is 176 g/mol. The summed E-state index contributed by atoms with van der Waals surface area (Å²) in [6.07, 6.45) is 3.81. The van der Waals surface area contributed by atoms with Crippen LogP contribution < -0.4 is 5.32 Å². The second kappa shape index (κ2) is 5.73. The van der Waals surface area contributed by atoms with Gasteiger partial charge in [0, 0.05) is 19.5 Å². The molecule has 0 radical (unpaired) electrons. The highest BCUT2D eigenvalue weighted by Crippen LogP contribution is 2.17. The molecule has 1 aromatic heterocycles. The van der Waals surface area contributed by atoms with Gasteiger partial charge in [-0.25, -0.2) is 0 Å². The highest BCUT2D eigenvalue weighted by molar-refractivity contribution is 5.15. The second-order valence-electron chi connectivity index (χ2n) is 3.26. The van der Waals surface area contributed by atoms with Crippen LogP contribution in [-0.4, -0.2) is 24.7 Å². The third kappa shape index (κ3) is 2.79. The van der Waals surface area contributed by atoms with Crippen molar-refractivity contribution in [1.82, 2.24) is 10.3 Å². The molecule has 3 nitrogen and oxygen atoms in total. The first kappa shape index (κ1) is 11.1. The van der Waals surface area contributed by atoms with Crippen LogP contribution in [0.15, 0.2) is 24.5 Å². The molecule has 2 unspecified atom stereocenters. The lowest BCUT2D eigenvalue weighted by Crippen LogP contribution is -2.31. The molecule has 0 aliphatic heterocycles. The molecule has 0 amide bonds. The lowest BCUT2D eigenvalue weighted by atomic mass is 10.0. The van der Waals surface area contributed by atoms with Gasteiger partial charge in [0.2, 0.25) is 0 Å². The normalized spacial score (nSPS) is 15.1. The number of hydrogen-bond acceptors (Lipinski definition) is 3. The molecule has 14 heavy (non-hydrogen) atoms. The Morgan fingerprint density at radius 1 is 1.57 bits per heavy atom. The molecule has 1 N–H and O–H groups in total. The maximum Gasteiger partial charge on any atom is 0.0738 e. The van der Waals surface area contributed by atoms with Crippen LogP contribution in [0, 0.1) is 0 Å². The van der Waals surface area contributed by atoms with Crippen molar-refractivity contribution >= 4 is 0 Å². The van der Waals surface area contributed by atoms with Crippen LogP contribution >= 0.6 is 0 Å². The zero-order chi connectivity index (χ0) is 10.4. The van der Waals surface area contributed by atoms with Crippen LogP contribution in [0.5, 0.6) is 0 Å². The molecule has 78 valence electrons. The Morgan fingerprint density at radius 2 is 2.36 bits per heavy atom. The number of hydrogen-bond donors (Lipinski definition) is 1. The number of rotatable bonds is 5. The number of nitrogens with one attached hydrogen (secondary N) is 1. The van der Waals surface area contributed by atoms with Gasteiger partial charge < -0.3 is 10.1 Å². The Balaban J connectivity index is 2.77. The molecular formula is C11H18N2O. The number of aromatic nitrogens is 1. The maximum atomic E-state index is 5.33. The summed E-state index contributed by atoms with van der Waals surface area (Å²) in [5.41, 5.74) is 1.17. The van der Waals surface area contributed by atoms with Gasteiger partial charge in [0.15, 0.2) is 0 Å². The molecule has 2 atom stereocenters. The fraction of sp³-hybridized carbons (Fsp3) is 0.545. The van der Waals surface area contributed by atoms with Crippen molar-refractivity contribution in [2.24, 2.45) is 0 Å². The van der Waals surface area contributed by atoms with E-state index in [0.29, 0.717) is 0 Å². The molecule has 1 heterocycles. The van der Waals surface area contributed by atoms with Crippen LogP contribution in [0.3, 0.4) is 0 Å². The Morgan fingerprint density at radius 3 is 2.86 bits per heavy atom. The van der Waals surface area contributed by atoms with Crippen molar-refractivity contribution in [1.29, 1.82) is 0 Å². The van der Waals surface area contributed by atoms with E-state index < -0.39 is 0 Å². The van der Waals surface area contributed by atoms with E-state index in [1.165, 1.54) is 5.56 Å². The molecule has 3 heteroatoms. The van der Waals surface area contributed by atoms with Crippen LogP contribution in [-0.2, 0) is 4.74 Å². The number of ether oxygens (including phenoxy) is 1. The predicted octanol–water partition coefficient (Wildman–Crippen LogP) is 1.77. The molecule has 0 aliphatic rings. The Labute approximate surface area is 85.5 Å². The van der Waals surface area contributed by atoms with Crippen molar-refractivity contribution in [3.05, 3.63) is 30.1 Å². The van der Waals surface area contributed by atoms with Crippen molar-refractivity contribution < 1.29 is 4.74 Å². The van der Waals surface area contributed by atoms with Crippen LogP contribution in [0.25, 0.3) is 0 Å². The van der Waals surface area contributed by atoms with Gasteiger partial charge in [-0.1, -0.05) is 13.0 Å². The van der Waals surface area contributed by atoms with E-state index in [4.69, 9.17) is 4.74 Å². The zero-order valence-electron chi connectivity index (χ0n) is 9.03. The minimum Gasteiger partial charge on any atom is -0.380 e. The SMILES string of the molecule is CCNC(c1cccnc1)C(C)OC. The van der Waals surface area contributed by atoms with Gasteiger partial charge in [-0.05, 0) is 25.1 Å². The van der Waals surface area contributed by atoms with E-state index in [2.05, 4.69) is 30.2 Å². The van der Waals surface area contributed by atoms with E-state index in [-0.39, 0.29) is 12.1 Å². The Bertz CT molecular complexity index is 251. The first-order valence-electron chi connectivity index (χ1n) is 4.95. The van der Waals surface area contributed by atoms with Crippen LogP contribution in [0.2, 0.25) is 0 Å². The third-order valence-electron chi connectivity index (χ3n) is 2.31. The predicted molar refractivity (Wildman–Crippen MR) is 57.1 cm³/mol. The van der Waals surface area contributed by atoms with Gasteiger partial charge in [-0.3, -0.25) is 4.98 Å². The molecule has 0 aromatic carbocycles. The summed E-state index contributed by atoms with van der Waals surface area (Å²) in [5.74, 6) is 0. The number of nitrogens with zero attached hydrogens (tertiary/aromatic N) is 1. The fourth-order valence-electron chi connectivity index (χ4n) is 1.47. The second-order valence-corrected chi connectivity index (χ2v) is 3.26.